The van der Waals surface area contributed by atoms with Crippen LogP contribution in [0.15, 0.2) is 78.9 Å². The van der Waals surface area contributed by atoms with Crippen molar-refractivity contribution < 1.29 is 9.59 Å². The van der Waals surface area contributed by atoms with Crippen LogP contribution in [-0.2, 0) is 16.1 Å². The van der Waals surface area contributed by atoms with Crippen molar-refractivity contribution >= 4 is 35.0 Å². The summed E-state index contributed by atoms with van der Waals surface area (Å²) in [4.78, 5) is 29.0. The Kier molecular flexibility index (Phi) is 9.58. The van der Waals surface area contributed by atoms with E-state index < -0.39 is 11.6 Å². The number of rotatable bonds is 9. The predicted octanol–water partition coefficient (Wildman–Crippen LogP) is 7.24. The number of halogens is 2. The van der Waals surface area contributed by atoms with Gasteiger partial charge in [-0.25, -0.2) is 0 Å². The van der Waals surface area contributed by atoms with Crippen LogP contribution in [0.3, 0.4) is 0 Å². The molecule has 0 aliphatic carbocycles. The van der Waals surface area contributed by atoms with E-state index in [0.717, 1.165) is 16.7 Å². The Balaban J connectivity index is 1.98. The van der Waals surface area contributed by atoms with Crippen molar-refractivity contribution in [3.05, 3.63) is 106 Å². The first-order valence-corrected chi connectivity index (χ1v) is 13.0. The minimum Gasteiger partial charge on any atom is -0.350 e. The highest BCUT2D eigenvalue weighted by Crippen LogP contribution is 2.30. The monoisotopic (exact) mass is 524 g/mol. The summed E-state index contributed by atoms with van der Waals surface area (Å²) in [5.74, 6) is -0.413. The number of nitrogens with one attached hydrogen (secondary N) is 1. The summed E-state index contributed by atoms with van der Waals surface area (Å²) in [6, 6.07) is 24.7. The fraction of sp³-hybridized carbons (Fsp3) is 0.333. The number of carbonyl (C=O) groups is 2. The van der Waals surface area contributed by atoms with Crippen LogP contribution >= 0.6 is 23.2 Å². The quantitative estimate of drug-likeness (QED) is 0.320. The third kappa shape index (κ3) is 7.59. The van der Waals surface area contributed by atoms with Crippen molar-refractivity contribution in [2.75, 3.05) is 0 Å². The Hall–Kier alpha value is -2.82. The van der Waals surface area contributed by atoms with Gasteiger partial charge in [-0.05, 0) is 56.0 Å². The van der Waals surface area contributed by atoms with Gasteiger partial charge in [0.05, 0.1) is 10.0 Å². The van der Waals surface area contributed by atoms with Gasteiger partial charge in [-0.1, -0.05) is 96.9 Å². The average Bonchev–Trinajstić information content (AvgIpc) is 2.84. The molecule has 0 radical (unpaired) electrons. The number of amides is 2. The maximum atomic E-state index is 14.0. The number of carbonyl (C=O) groups excluding carboxylic acids is 2. The van der Waals surface area contributed by atoms with Gasteiger partial charge in [0.25, 0.3) is 0 Å². The molecule has 0 spiro atoms. The molecule has 0 aliphatic rings. The number of nitrogens with zero attached hydrogens (tertiary/aromatic N) is 1. The van der Waals surface area contributed by atoms with Gasteiger partial charge in [0.1, 0.15) is 6.04 Å². The number of hydrogen-bond acceptors (Lipinski definition) is 2. The van der Waals surface area contributed by atoms with Crippen LogP contribution < -0.4 is 5.32 Å². The van der Waals surface area contributed by atoms with E-state index in [2.05, 4.69) is 5.32 Å². The molecule has 0 bridgehead atoms. The van der Waals surface area contributed by atoms with Crippen LogP contribution in [0.25, 0.3) is 0 Å². The van der Waals surface area contributed by atoms with Gasteiger partial charge in [-0.3, -0.25) is 9.59 Å². The van der Waals surface area contributed by atoms with Gasteiger partial charge in [0.15, 0.2) is 0 Å². The van der Waals surface area contributed by atoms with Crippen LogP contribution in [0, 0.1) is 0 Å². The molecule has 0 saturated carbocycles. The molecule has 0 heterocycles. The zero-order valence-electron chi connectivity index (χ0n) is 21.3. The maximum Gasteiger partial charge on any atom is 0.243 e. The van der Waals surface area contributed by atoms with E-state index in [1.165, 1.54) is 0 Å². The summed E-state index contributed by atoms with van der Waals surface area (Å²) in [5.41, 5.74) is 2.51. The van der Waals surface area contributed by atoms with Crippen molar-refractivity contribution in [1.29, 1.82) is 0 Å². The normalized spacial score (nSPS) is 12.3. The predicted molar refractivity (Wildman–Crippen MR) is 148 cm³/mol. The molecule has 2 amide bonds. The highest BCUT2D eigenvalue weighted by molar-refractivity contribution is 6.42. The Labute approximate surface area is 224 Å². The van der Waals surface area contributed by atoms with E-state index in [-0.39, 0.29) is 30.7 Å². The first-order chi connectivity index (χ1) is 17.1. The molecule has 6 heteroatoms. The molecule has 0 aromatic heterocycles. The molecule has 3 rings (SSSR count). The van der Waals surface area contributed by atoms with Gasteiger partial charge >= 0.3 is 0 Å². The smallest absolute Gasteiger partial charge is 0.243 e. The lowest BCUT2D eigenvalue weighted by Gasteiger charge is -2.34. The molecule has 0 saturated heterocycles. The van der Waals surface area contributed by atoms with Crippen LogP contribution in [0.1, 0.15) is 63.1 Å². The van der Waals surface area contributed by atoms with Crippen molar-refractivity contribution in [2.45, 2.75) is 64.6 Å². The molecule has 3 aromatic carbocycles. The molecule has 0 unspecified atom stereocenters. The van der Waals surface area contributed by atoms with Crippen LogP contribution in [0.2, 0.25) is 10.0 Å². The Morgan fingerprint density at radius 1 is 0.861 bits per heavy atom. The molecule has 1 atom stereocenters. The van der Waals surface area contributed by atoms with Gasteiger partial charge in [0.2, 0.25) is 11.8 Å². The maximum absolute atomic E-state index is 14.0. The fourth-order valence-electron chi connectivity index (χ4n) is 4.30. The highest BCUT2D eigenvalue weighted by Gasteiger charge is 2.32. The highest BCUT2D eigenvalue weighted by atomic mass is 35.5. The molecule has 36 heavy (non-hydrogen) atoms. The average molecular weight is 526 g/mol. The Morgan fingerprint density at radius 2 is 1.42 bits per heavy atom. The molecule has 3 aromatic rings. The summed E-state index contributed by atoms with van der Waals surface area (Å²) in [5, 5.41) is 3.91. The van der Waals surface area contributed by atoms with Crippen molar-refractivity contribution in [3.8, 4) is 0 Å². The van der Waals surface area contributed by atoms with Gasteiger partial charge in [-0.2, -0.15) is 0 Å². The minimum absolute atomic E-state index is 0.102. The van der Waals surface area contributed by atoms with Gasteiger partial charge in [0, 0.05) is 24.4 Å². The molecule has 1 N–H and O–H groups in total. The van der Waals surface area contributed by atoms with Crippen molar-refractivity contribution in [2.24, 2.45) is 0 Å². The zero-order valence-corrected chi connectivity index (χ0v) is 22.8. The summed E-state index contributed by atoms with van der Waals surface area (Å²) in [6.45, 7) is 7.98. The van der Waals surface area contributed by atoms with Gasteiger partial charge < -0.3 is 10.2 Å². The van der Waals surface area contributed by atoms with Gasteiger partial charge in [-0.15, -0.1) is 0 Å². The van der Waals surface area contributed by atoms with Crippen molar-refractivity contribution in [3.63, 3.8) is 0 Å². The second kappa shape index (κ2) is 12.4. The third-order valence-electron chi connectivity index (χ3n) is 6.00. The summed E-state index contributed by atoms with van der Waals surface area (Å²) < 4.78 is 0. The minimum atomic E-state index is -0.627. The number of benzene rings is 3. The SMILES string of the molecule is CC[C@@H](C(=O)NC(C)(C)C)N(Cc1ccc(Cl)c(Cl)c1)C(=O)CC(c1ccccc1)c1ccccc1. The van der Waals surface area contributed by atoms with E-state index in [0.29, 0.717) is 16.5 Å². The van der Waals surface area contributed by atoms with Crippen LogP contribution in [0.5, 0.6) is 0 Å². The van der Waals surface area contributed by atoms with E-state index in [9.17, 15) is 9.59 Å². The molecule has 0 aliphatic heterocycles. The van der Waals surface area contributed by atoms with E-state index >= 15 is 0 Å². The van der Waals surface area contributed by atoms with Crippen molar-refractivity contribution in [1.82, 2.24) is 10.2 Å². The third-order valence-corrected chi connectivity index (χ3v) is 6.74. The number of hydrogen-bond donors (Lipinski definition) is 1. The lowest BCUT2D eigenvalue weighted by Crippen LogP contribution is -2.53. The van der Waals surface area contributed by atoms with E-state index in [1.54, 1.807) is 17.0 Å². The molecular weight excluding hydrogens is 491 g/mol. The summed E-state index contributed by atoms with van der Waals surface area (Å²) >= 11 is 12.4. The first-order valence-electron chi connectivity index (χ1n) is 12.2. The standard InChI is InChI=1S/C30H34Cl2N2O2/c1-5-27(29(36)33-30(2,3)4)34(20-21-16-17-25(31)26(32)18-21)28(35)19-24(22-12-8-6-9-13-22)23-14-10-7-11-15-23/h6-18,24,27H,5,19-20H2,1-4H3,(H,33,36)/t27-/m0/s1. The second-order valence-corrected chi connectivity index (χ2v) is 10.8. The molecular formula is C30H34Cl2N2O2. The lowest BCUT2D eigenvalue weighted by atomic mass is 9.88. The topological polar surface area (TPSA) is 49.4 Å². The molecule has 0 fully saturated rings. The largest absolute Gasteiger partial charge is 0.350 e. The second-order valence-electron chi connectivity index (χ2n) is 10.0. The summed E-state index contributed by atoms with van der Waals surface area (Å²) in [6.07, 6.45) is 0.713. The zero-order chi connectivity index (χ0) is 26.3. The Bertz CT molecular complexity index is 1120. The summed E-state index contributed by atoms with van der Waals surface area (Å²) in [7, 11) is 0. The van der Waals surface area contributed by atoms with Crippen LogP contribution in [-0.4, -0.2) is 28.3 Å². The lowest BCUT2D eigenvalue weighted by molar-refractivity contribution is -0.142. The van der Waals surface area contributed by atoms with Crippen LogP contribution in [0.4, 0.5) is 0 Å². The van der Waals surface area contributed by atoms with E-state index in [1.807, 2.05) is 94.4 Å². The molecule has 4 nitrogen and oxygen atoms in total. The fourth-order valence-corrected chi connectivity index (χ4v) is 4.62. The first kappa shape index (κ1) is 27.8. The Morgan fingerprint density at radius 3 is 1.89 bits per heavy atom. The van der Waals surface area contributed by atoms with E-state index in [4.69, 9.17) is 23.2 Å². The molecule has 190 valence electrons.